The second kappa shape index (κ2) is 12.3. The van der Waals surface area contributed by atoms with Gasteiger partial charge >= 0.3 is 0 Å². The normalized spacial score (nSPS) is 11.2. The summed E-state index contributed by atoms with van der Waals surface area (Å²) in [4.78, 5) is 16.4. The molecule has 158 valence electrons. The smallest absolute Gasteiger partial charge is 0.251 e. The standard InChI is InChI=1S/C22H30N4O2.HI/c1-22(2,18-8-6-5-7-9-18)16-26-21(23-3)25-15-14-24-20(27)17-10-12-19(28-4)13-11-17;/h5-13H,14-16H2,1-4H3,(H,24,27)(H2,23,25,26);1H. The Morgan fingerprint density at radius 3 is 2.17 bits per heavy atom. The van der Waals surface area contributed by atoms with E-state index in [1.165, 1.54) is 5.56 Å². The number of amides is 1. The minimum absolute atomic E-state index is 0. The zero-order valence-corrected chi connectivity index (χ0v) is 19.8. The van der Waals surface area contributed by atoms with Crippen molar-refractivity contribution in [3.8, 4) is 5.75 Å². The van der Waals surface area contributed by atoms with Gasteiger partial charge in [-0.1, -0.05) is 44.2 Å². The molecule has 0 fully saturated rings. The first kappa shape index (κ1) is 24.7. The van der Waals surface area contributed by atoms with E-state index in [0.717, 1.165) is 12.3 Å². The van der Waals surface area contributed by atoms with Crippen LogP contribution in [-0.4, -0.2) is 45.7 Å². The van der Waals surface area contributed by atoms with E-state index >= 15 is 0 Å². The molecule has 2 rings (SSSR count). The number of rotatable bonds is 8. The van der Waals surface area contributed by atoms with Crippen molar-refractivity contribution in [3.63, 3.8) is 0 Å². The number of hydrogen-bond donors (Lipinski definition) is 3. The predicted octanol–water partition coefficient (Wildman–Crippen LogP) is 3.19. The molecule has 2 aromatic carbocycles. The van der Waals surface area contributed by atoms with Crippen molar-refractivity contribution in [1.29, 1.82) is 0 Å². The lowest BCUT2D eigenvalue weighted by atomic mass is 9.85. The van der Waals surface area contributed by atoms with E-state index in [2.05, 4.69) is 59.1 Å². The predicted molar refractivity (Wildman–Crippen MR) is 130 cm³/mol. The Morgan fingerprint density at radius 2 is 1.59 bits per heavy atom. The van der Waals surface area contributed by atoms with Crippen LogP contribution in [0.3, 0.4) is 0 Å². The van der Waals surface area contributed by atoms with Crippen LogP contribution in [0.5, 0.6) is 5.75 Å². The van der Waals surface area contributed by atoms with E-state index in [0.29, 0.717) is 24.6 Å². The lowest BCUT2D eigenvalue weighted by Crippen LogP contribution is -2.45. The molecule has 2 aromatic rings. The Kier molecular flexibility index (Phi) is 10.5. The second-order valence-electron chi connectivity index (χ2n) is 7.09. The average Bonchev–Trinajstić information content (AvgIpc) is 2.73. The van der Waals surface area contributed by atoms with E-state index in [4.69, 9.17) is 4.74 Å². The minimum Gasteiger partial charge on any atom is -0.497 e. The molecule has 0 atom stereocenters. The molecule has 0 aliphatic heterocycles. The van der Waals surface area contributed by atoms with Crippen LogP contribution >= 0.6 is 24.0 Å². The average molecular weight is 510 g/mol. The largest absolute Gasteiger partial charge is 0.497 e. The van der Waals surface area contributed by atoms with Crippen LogP contribution in [0.15, 0.2) is 59.6 Å². The number of carbonyl (C=O) groups excluding carboxylic acids is 1. The fourth-order valence-electron chi connectivity index (χ4n) is 2.72. The number of nitrogens with zero attached hydrogens (tertiary/aromatic N) is 1. The van der Waals surface area contributed by atoms with Gasteiger partial charge in [0.2, 0.25) is 0 Å². The Labute approximate surface area is 190 Å². The SMILES string of the molecule is CN=C(NCCNC(=O)c1ccc(OC)cc1)NCC(C)(C)c1ccccc1.I. The molecule has 6 nitrogen and oxygen atoms in total. The molecule has 0 unspecified atom stereocenters. The van der Waals surface area contributed by atoms with Gasteiger partial charge in [0.05, 0.1) is 7.11 Å². The lowest BCUT2D eigenvalue weighted by molar-refractivity contribution is 0.0954. The molecule has 0 heterocycles. The summed E-state index contributed by atoms with van der Waals surface area (Å²) in [7, 11) is 3.34. The summed E-state index contributed by atoms with van der Waals surface area (Å²) >= 11 is 0. The quantitative estimate of drug-likeness (QED) is 0.221. The van der Waals surface area contributed by atoms with Crippen LogP contribution in [-0.2, 0) is 5.41 Å². The van der Waals surface area contributed by atoms with E-state index < -0.39 is 0 Å². The van der Waals surface area contributed by atoms with Crippen molar-refractivity contribution in [2.75, 3.05) is 33.8 Å². The zero-order valence-electron chi connectivity index (χ0n) is 17.5. The molecular weight excluding hydrogens is 479 g/mol. The summed E-state index contributed by atoms with van der Waals surface area (Å²) in [6, 6.07) is 17.4. The summed E-state index contributed by atoms with van der Waals surface area (Å²) in [5.41, 5.74) is 1.85. The van der Waals surface area contributed by atoms with Crippen LogP contribution in [0.4, 0.5) is 0 Å². The van der Waals surface area contributed by atoms with Crippen LogP contribution in [0, 0.1) is 0 Å². The Bertz CT molecular complexity index is 777. The second-order valence-corrected chi connectivity index (χ2v) is 7.09. The van der Waals surface area contributed by atoms with Gasteiger partial charge in [-0.15, -0.1) is 24.0 Å². The highest BCUT2D eigenvalue weighted by molar-refractivity contribution is 14.0. The lowest BCUT2D eigenvalue weighted by Gasteiger charge is -2.26. The van der Waals surface area contributed by atoms with E-state index in [-0.39, 0.29) is 35.3 Å². The summed E-state index contributed by atoms with van der Waals surface area (Å²) in [5, 5.41) is 9.46. The molecule has 0 saturated heterocycles. The van der Waals surface area contributed by atoms with Crippen molar-refractivity contribution in [2.45, 2.75) is 19.3 Å². The molecule has 0 aliphatic rings. The Morgan fingerprint density at radius 1 is 0.966 bits per heavy atom. The Hall–Kier alpha value is -2.29. The van der Waals surface area contributed by atoms with Crippen LogP contribution in [0.25, 0.3) is 0 Å². The molecule has 0 aromatic heterocycles. The highest BCUT2D eigenvalue weighted by Gasteiger charge is 2.20. The highest BCUT2D eigenvalue weighted by Crippen LogP contribution is 2.21. The minimum atomic E-state index is -0.113. The molecule has 29 heavy (non-hydrogen) atoms. The molecule has 3 N–H and O–H groups in total. The number of carbonyl (C=O) groups is 1. The Balaban J connectivity index is 0.00000420. The van der Waals surface area contributed by atoms with Gasteiger partial charge in [0.1, 0.15) is 5.75 Å². The van der Waals surface area contributed by atoms with Gasteiger partial charge in [0.15, 0.2) is 5.96 Å². The van der Waals surface area contributed by atoms with Crippen molar-refractivity contribution in [3.05, 3.63) is 65.7 Å². The number of hydrogen-bond acceptors (Lipinski definition) is 3. The van der Waals surface area contributed by atoms with Gasteiger partial charge in [-0.25, -0.2) is 0 Å². The topological polar surface area (TPSA) is 74.8 Å². The van der Waals surface area contributed by atoms with Crippen LogP contribution in [0.2, 0.25) is 0 Å². The van der Waals surface area contributed by atoms with Gasteiger partial charge in [0, 0.05) is 37.7 Å². The number of methoxy groups -OCH3 is 1. The maximum absolute atomic E-state index is 12.1. The van der Waals surface area contributed by atoms with Gasteiger partial charge in [-0.05, 0) is 29.8 Å². The third kappa shape index (κ3) is 7.92. The summed E-state index contributed by atoms with van der Waals surface area (Å²) in [6.45, 7) is 6.20. The molecule has 7 heteroatoms. The van der Waals surface area contributed by atoms with E-state index in [9.17, 15) is 4.79 Å². The summed E-state index contributed by atoms with van der Waals surface area (Å²) < 4.78 is 5.10. The van der Waals surface area contributed by atoms with Gasteiger partial charge in [0.25, 0.3) is 5.91 Å². The third-order valence-electron chi connectivity index (χ3n) is 4.53. The number of benzene rings is 2. The van der Waals surface area contributed by atoms with Gasteiger partial charge < -0.3 is 20.7 Å². The first-order valence-corrected chi connectivity index (χ1v) is 9.38. The molecular formula is C22H31IN4O2. The number of halogens is 1. The molecule has 0 aliphatic carbocycles. The zero-order chi connectivity index (χ0) is 20.4. The molecule has 1 amide bonds. The molecule has 0 spiro atoms. The fraction of sp³-hybridized carbons (Fsp3) is 0.364. The van der Waals surface area contributed by atoms with Crippen LogP contribution < -0.4 is 20.7 Å². The highest BCUT2D eigenvalue weighted by atomic mass is 127. The number of aliphatic imine (C=N–C) groups is 1. The summed E-state index contributed by atoms with van der Waals surface area (Å²) in [5.74, 6) is 1.33. The summed E-state index contributed by atoms with van der Waals surface area (Å²) in [6.07, 6.45) is 0. The van der Waals surface area contributed by atoms with Crippen molar-refractivity contribution >= 4 is 35.8 Å². The maximum Gasteiger partial charge on any atom is 0.251 e. The van der Waals surface area contributed by atoms with Crippen LogP contribution in [0.1, 0.15) is 29.8 Å². The van der Waals surface area contributed by atoms with E-state index in [1.807, 2.05) is 6.07 Å². The van der Waals surface area contributed by atoms with Crippen molar-refractivity contribution < 1.29 is 9.53 Å². The number of nitrogens with one attached hydrogen (secondary N) is 3. The third-order valence-corrected chi connectivity index (χ3v) is 4.53. The number of ether oxygens (including phenoxy) is 1. The van der Waals surface area contributed by atoms with Gasteiger partial charge in [-0.2, -0.15) is 0 Å². The molecule has 0 radical (unpaired) electrons. The van der Waals surface area contributed by atoms with Crippen molar-refractivity contribution in [1.82, 2.24) is 16.0 Å². The maximum atomic E-state index is 12.1. The first-order valence-electron chi connectivity index (χ1n) is 9.38. The monoisotopic (exact) mass is 510 g/mol. The molecule has 0 bridgehead atoms. The van der Waals surface area contributed by atoms with Crippen molar-refractivity contribution in [2.24, 2.45) is 4.99 Å². The fourth-order valence-corrected chi connectivity index (χ4v) is 2.72. The van der Waals surface area contributed by atoms with E-state index in [1.54, 1.807) is 38.4 Å². The number of guanidine groups is 1. The first-order chi connectivity index (χ1) is 13.5. The molecule has 0 saturated carbocycles. The van der Waals surface area contributed by atoms with Gasteiger partial charge in [-0.3, -0.25) is 9.79 Å².